The smallest absolute Gasteiger partial charge is 0.233 e. The van der Waals surface area contributed by atoms with E-state index in [9.17, 15) is 4.79 Å². The van der Waals surface area contributed by atoms with E-state index in [0.717, 1.165) is 21.7 Å². The van der Waals surface area contributed by atoms with Gasteiger partial charge < -0.3 is 0 Å². The Balaban J connectivity index is 3.49. The summed E-state index contributed by atoms with van der Waals surface area (Å²) in [6, 6.07) is 1.76. The molecule has 0 heterocycles. The average molecular weight is 182 g/mol. The number of rotatable bonds is 1. The molecule has 2 heteroatoms. The minimum atomic E-state index is 0.606. The van der Waals surface area contributed by atoms with Gasteiger partial charge in [-0.25, -0.2) is 0 Å². The Morgan fingerprint density at radius 1 is 1.25 bits per heavy atom. The van der Waals surface area contributed by atoms with Crippen LogP contribution in [-0.2, 0) is 4.79 Å². The van der Waals surface area contributed by atoms with Gasteiger partial charge >= 0.3 is 0 Å². The molecule has 1 aromatic rings. The molecular weight excluding hydrogens is 172 g/mol. The van der Waals surface area contributed by atoms with E-state index in [-0.39, 0.29) is 0 Å². The summed E-state index contributed by atoms with van der Waals surface area (Å²) in [5, 5.41) is 0.742. The third kappa shape index (κ3) is 1.37. The fourth-order valence-corrected chi connectivity index (χ4v) is 1.35. The lowest BCUT2D eigenvalue weighted by Gasteiger charge is -2.07. The predicted molar refractivity (Wildman–Crippen MR) is 50.5 cm³/mol. The Bertz CT molecular complexity index is 329. The summed E-state index contributed by atoms with van der Waals surface area (Å²) < 4.78 is 0. The first kappa shape index (κ1) is 9.27. The first-order valence-electron chi connectivity index (χ1n) is 3.72. The third-order valence-electron chi connectivity index (χ3n) is 2.11. The van der Waals surface area contributed by atoms with Gasteiger partial charge in [0.05, 0.1) is 0 Å². The minimum Gasteiger partial charge on any atom is -0.285 e. The Morgan fingerprint density at radius 2 is 1.83 bits per heavy atom. The zero-order chi connectivity index (χ0) is 9.30. The van der Waals surface area contributed by atoms with Crippen molar-refractivity contribution in [3.05, 3.63) is 33.3 Å². The molecule has 0 saturated heterocycles. The van der Waals surface area contributed by atoms with Crippen molar-refractivity contribution in [3.63, 3.8) is 0 Å². The van der Waals surface area contributed by atoms with Gasteiger partial charge in [0.15, 0.2) is 0 Å². The van der Waals surface area contributed by atoms with E-state index < -0.39 is 0 Å². The van der Waals surface area contributed by atoms with Crippen LogP contribution in [-0.4, -0.2) is 6.29 Å². The number of halogens is 1. The van der Waals surface area contributed by atoms with Crippen LogP contribution in [0.4, 0.5) is 0 Å². The molecule has 0 aliphatic carbocycles. The second-order valence-electron chi connectivity index (χ2n) is 2.91. The quantitative estimate of drug-likeness (QED) is 0.651. The van der Waals surface area contributed by atoms with Crippen LogP contribution in [0.5, 0.6) is 0 Å². The van der Waals surface area contributed by atoms with Crippen LogP contribution in [0.3, 0.4) is 0 Å². The highest BCUT2D eigenvalue weighted by molar-refractivity contribution is 6.32. The molecule has 0 aliphatic rings. The molecule has 1 nitrogen and oxygen atoms in total. The second kappa shape index (κ2) is 3.28. The van der Waals surface area contributed by atoms with E-state index in [1.807, 2.05) is 27.1 Å². The molecule has 0 aliphatic heterocycles. The van der Waals surface area contributed by atoms with Crippen LogP contribution in [0, 0.1) is 20.8 Å². The van der Waals surface area contributed by atoms with Crippen molar-refractivity contribution in [2.75, 3.05) is 0 Å². The third-order valence-corrected chi connectivity index (χ3v) is 2.69. The number of aryl methyl sites for hydroxylation is 1. The van der Waals surface area contributed by atoms with E-state index >= 15 is 0 Å². The maximum atomic E-state index is 10.5. The van der Waals surface area contributed by atoms with Gasteiger partial charge in [0.1, 0.15) is 0 Å². The van der Waals surface area contributed by atoms with Gasteiger partial charge in [0, 0.05) is 10.6 Å². The van der Waals surface area contributed by atoms with Gasteiger partial charge in [-0.1, -0.05) is 11.6 Å². The zero-order valence-corrected chi connectivity index (χ0v) is 8.12. The van der Waals surface area contributed by atoms with Gasteiger partial charge in [-0.3, -0.25) is 4.79 Å². The topological polar surface area (TPSA) is 17.1 Å². The Hall–Kier alpha value is -0.820. The summed E-state index contributed by atoms with van der Waals surface area (Å²) in [5.74, 6) is 0. The van der Waals surface area contributed by atoms with Crippen molar-refractivity contribution < 1.29 is 4.79 Å². The molecule has 1 radical (unpaired) electrons. The molecule has 0 amide bonds. The van der Waals surface area contributed by atoms with Crippen molar-refractivity contribution >= 4 is 17.9 Å². The predicted octanol–water partition coefficient (Wildman–Crippen LogP) is 2.72. The fraction of sp³-hybridized carbons (Fsp3) is 0.300. The van der Waals surface area contributed by atoms with Crippen LogP contribution in [0.15, 0.2) is 6.07 Å². The summed E-state index contributed by atoms with van der Waals surface area (Å²) in [7, 11) is 0. The molecule has 1 rings (SSSR count). The molecule has 0 fully saturated rings. The lowest BCUT2D eigenvalue weighted by atomic mass is 10.0. The lowest BCUT2D eigenvalue weighted by Crippen LogP contribution is -1.93. The Labute approximate surface area is 77.4 Å². The Morgan fingerprint density at radius 3 is 2.33 bits per heavy atom. The van der Waals surface area contributed by atoms with Crippen molar-refractivity contribution in [3.8, 4) is 0 Å². The molecular formula is C10H10ClO. The van der Waals surface area contributed by atoms with Crippen LogP contribution in [0.2, 0.25) is 5.02 Å². The molecule has 0 saturated carbocycles. The summed E-state index contributed by atoms with van der Waals surface area (Å²) in [6.45, 7) is 5.67. The monoisotopic (exact) mass is 181 g/mol. The van der Waals surface area contributed by atoms with Crippen molar-refractivity contribution in [1.82, 2.24) is 0 Å². The van der Waals surface area contributed by atoms with E-state index in [1.54, 1.807) is 6.07 Å². The highest BCUT2D eigenvalue weighted by atomic mass is 35.5. The molecule has 1 aromatic carbocycles. The average Bonchev–Trinajstić information content (AvgIpc) is 2.08. The largest absolute Gasteiger partial charge is 0.285 e. The van der Waals surface area contributed by atoms with Crippen molar-refractivity contribution in [2.24, 2.45) is 0 Å². The molecule has 0 spiro atoms. The first-order valence-corrected chi connectivity index (χ1v) is 4.10. The Kier molecular flexibility index (Phi) is 2.53. The fourth-order valence-electron chi connectivity index (χ4n) is 1.16. The van der Waals surface area contributed by atoms with Gasteiger partial charge in [-0.2, -0.15) is 0 Å². The minimum absolute atomic E-state index is 0.606. The molecule has 12 heavy (non-hydrogen) atoms. The molecule has 0 aromatic heterocycles. The van der Waals surface area contributed by atoms with Crippen LogP contribution >= 0.6 is 11.6 Å². The second-order valence-corrected chi connectivity index (χ2v) is 3.29. The van der Waals surface area contributed by atoms with Gasteiger partial charge in [-0.15, -0.1) is 0 Å². The molecule has 0 N–H and O–H groups in total. The van der Waals surface area contributed by atoms with Crippen molar-refractivity contribution in [2.45, 2.75) is 20.8 Å². The van der Waals surface area contributed by atoms with E-state index in [1.165, 1.54) is 0 Å². The maximum absolute atomic E-state index is 10.5. The standard InChI is InChI=1S/C10H10ClO/c1-6-4-9(5-12)7(2)8(3)10(6)11/h4H,1-3H3. The first-order chi connectivity index (χ1) is 5.57. The highest BCUT2D eigenvalue weighted by Crippen LogP contribution is 2.25. The number of hydrogen-bond donors (Lipinski definition) is 0. The number of benzene rings is 1. The highest BCUT2D eigenvalue weighted by Gasteiger charge is 2.07. The van der Waals surface area contributed by atoms with E-state index in [2.05, 4.69) is 0 Å². The summed E-state index contributed by atoms with van der Waals surface area (Å²) in [5.41, 5.74) is 3.42. The van der Waals surface area contributed by atoms with E-state index in [0.29, 0.717) is 5.56 Å². The lowest BCUT2D eigenvalue weighted by molar-refractivity contribution is 0.562. The van der Waals surface area contributed by atoms with Gasteiger partial charge in [0.25, 0.3) is 0 Å². The summed E-state index contributed by atoms with van der Waals surface area (Å²) in [4.78, 5) is 10.5. The van der Waals surface area contributed by atoms with Gasteiger partial charge in [-0.05, 0) is 43.5 Å². The summed E-state index contributed by atoms with van der Waals surface area (Å²) >= 11 is 5.98. The number of hydrogen-bond acceptors (Lipinski definition) is 1. The normalized spacial score (nSPS) is 10.0. The molecule has 0 unspecified atom stereocenters. The molecule has 0 atom stereocenters. The van der Waals surface area contributed by atoms with Crippen LogP contribution in [0.25, 0.3) is 0 Å². The molecule has 0 bridgehead atoms. The van der Waals surface area contributed by atoms with Crippen LogP contribution in [0.1, 0.15) is 22.3 Å². The maximum Gasteiger partial charge on any atom is 0.233 e. The van der Waals surface area contributed by atoms with Crippen LogP contribution < -0.4 is 0 Å². The van der Waals surface area contributed by atoms with E-state index in [4.69, 9.17) is 11.6 Å². The molecule has 63 valence electrons. The van der Waals surface area contributed by atoms with Gasteiger partial charge in [0.2, 0.25) is 6.29 Å². The van der Waals surface area contributed by atoms with Crippen molar-refractivity contribution in [1.29, 1.82) is 0 Å². The summed E-state index contributed by atoms with van der Waals surface area (Å²) in [6.07, 6.45) is 1.90. The number of carbonyl (C=O) groups excluding carboxylic acids is 1. The zero-order valence-electron chi connectivity index (χ0n) is 7.36. The SMILES string of the molecule is Cc1cc([C]=O)c(C)c(C)c1Cl.